The Bertz CT molecular complexity index is 547. The predicted octanol–water partition coefficient (Wildman–Crippen LogP) is 0.254. The number of esters is 1. The Labute approximate surface area is 112 Å². The van der Waals surface area contributed by atoms with E-state index in [9.17, 15) is 13.2 Å². The van der Waals surface area contributed by atoms with Crippen LogP contribution in [0.2, 0.25) is 0 Å². The van der Waals surface area contributed by atoms with Crippen molar-refractivity contribution in [3.63, 3.8) is 0 Å². The van der Waals surface area contributed by atoms with Crippen LogP contribution in [-0.2, 0) is 26.5 Å². The molecular weight excluding hydrogens is 272 g/mol. The van der Waals surface area contributed by atoms with Gasteiger partial charge in [-0.15, -0.1) is 0 Å². The molecule has 0 saturated carbocycles. The lowest BCUT2D eigenvalue weighted by Crippen LogP contribution is -2.15. The van der Waals surface area contributed by atoms with Crippen molar-refractivity contribution in [2.45, 2.75) is 24.8 Å². The number of aryl methyl sites for hydroxylation is 1. The molecule has 0 saturated heterocycles. The minimum Gasteiger partial charge on any atom is -0.459 e. The fourth-order valence-electron chi connectivity index (χ4n) is 1.38. The summed E-state index contributed by atoms with van der Waals surface area (Å²) in [5, 5.41) is 4.98. The van der Waals surface area contributed by atoms with Gasteiger partial charge in [-0.3, -0.25) is 0 Å². The third-order valence-electron chi connectivity index (χ3n) is 2.29. The van der Waals surface area contributed by atoms with Crippen LogP contribution in [0.15, 0.2) is 17.2 Å². The predicted molar refractivity (Wildman–Crippen MR) is 68.2 cm³/mol. The third kappa shape index (κ3) is 4.66. The van der Waals surface area contributed by atoms with Gasteiger partial charge in [-0.1, -0.05) is 0 Å². The SMILES string of the molecule is CC(C)OCCOC(=O)c1cc(S(N)(=O)=O)cn1C. The Morgan fingerprint density at radius 2 is 2.05 bits per heavy atom. The number of carbonyl (C=O) groups is 1. The monoisotopic (exact) mass is 290 g/mol. The van der Waals surface area contributed by atoms with Gasteiger partial charge in [0.25, 0.3) is 0 Å². The van der Waals surface area contributed by atoms with Crippen molar-refractivity contribution in [2.24, 2.45) is 12.2 Å². The van der Waals surface area contributed by atoms with Gasteiger partial charge >= 0.3 is 5.97 Å². The second-order valence-electron chi connectivity index (χ2n) is 4.27. The minimum absolute atomic E-state index is 0.0581. The molecule has 108 valence electrons. The van der Waals surface area contributed by atoms with Crippen LogP contribution < -0.4 is 5.14 Å². The molecule has 0 atom stereocenters. The van der Waals surface area contributed by atoms with E-state index in [-0.39, 0.29) is 29.9 Å². The van der Waals surface area contributed by atoms with Gasteiger partial charge in [0.05, 0.1) is 12.7 Å². The maximum atomic E-state index is 11.7. The maximum absolute atomic E-state index is 11.7. The summed E-state index contributed by atoms with van der Waals surface area (Å²) in [6.07, 6.45) is 1.32. The number of ether oxygens (including phenoxy) is 2. The van der Waals surface area contributed by atoms with E-state index in [0.717, 1.165) is 0 Å². The molecule has 1 heterocycles. The normalized spacial score (nSPS) is 11.8. The molecule has 0 bridgehead atoms. The molecule has 8 heteroatoms. The van der Waals surface area contributed by atoms with Crippen LogP contribution in [0.5, 0.6) is 0 Å². The fraction of sp³-hybridized carbons (Fsp3) is 0.545. The summed E-state index contributed by atoms with van der Waals surface area (Å²) in [6.45, 7) is 4.14. The lowest BCUT2D eigenvalue weighted by Gasteiger charge is -2.08. The first-order chi connectivity index (χ1) is 8.71. The molecule has 1 aromatic heterocycles. The standard InChI is InChI=1S/C11H18N2O5S/c1-8(2)17-4-5-18-11(14)10-6-9(7-13(10)3)19(12,15)16/h6-8H,4-5H2,1-3H3,(H2,12,15,16). The fourth-order valence-corrected chi connectivity index (χ4v) is 1.97. The Balaban J connectivity index is 2.65. The number of sulfonamides is 1. The molecule has 0 radical (unpaired) electrons. The molecule has 19 heavy (non-hydrogen) atoms. The van der Waals surface area contributed by atoms with Crippen molar-refractivity contribution >= 4 is 16.0 Å². The van der Waals surface area contributed by atoms with Gasteiger partial charge in [0.2, 0.25) is 10.0 Å². The molecule has 0 aromatic carbocycles. The number of nitrogens with zero attached hydrogens (tertiary/aromatic N) is 1. The number of primary sulfonamides is 1. The molecule has 0 aliphatic heterocycles. The highest BCUT2D eigenvalue weighted by Gasteiger charge is 2.18. The number of aromatic nitrogens is 1. The zero-order chi connectivity index (χ0) is 14.6. The molecule has 0 unspecified atom stereocenters. The molecule has 2 N–H and O–H groups in total. The molecule has 0 aliphatic carbocycles. The quantitative estimate of drug-likeness (QED) is 0.598. The highest BCUT2D eigenvalue weighted by molar-refractivity contribution is 7.89. The summed E-state index contributed by atoms with van der Waals surface area (Å²) < 4.78 is 33.8. The summed E-state index contributed by atoms with van der Waals surface area (Å²) >= 11 is 0. The van der Waals surface area contributed by atoms with Gasteiger partial charge in [0.1, 0.15) is 17.2 Å². The highest BCUT2D eigenvalue weighted by Crippen LogP contribution is 2.12. The number of rotatable bonds is 6. The summed E-state index contributed by atoms with van der Waals surface area (Å²) in [6, 6.07) is 1.18. The summed E-state index contributed by atoms with van der Waals surface area (Å²) in [5.74, 6) is -0.621. The van der Waals surface area contributed by atoms with Crippen molar-refractivity contribution < 1.29 is 22.7 Å². The Kier molecular flexibility index (Phi) is 5.10. The zero-order valence-corrected chi connectivity index (χ0v) is 11.9. The summed E-state index contributed by atoms with van der Waals surface area (Å²) in [7, 11) is -2.29. The van der Waals surface area contributed by atoms with E-state index < -0.39 is 16.0 Å². The smallest absolute Gasteiger partial charge is 0.355 e. The van der Waals surface area contributed by atoms with Gasteiger partial charge in [-0.2, -0.15) is 0 Å². The van der Waals surface area contributed by atoms with Crippen LogP contribution in [0.1, 0.15) is 24.3 Å². The van der Waals surface area contributed by atoms with E-state index >= 15 is 0 Å². The first-order valence-electron chi connectivity index (χ1n) is 5.69. The highest BCUT2D eigenvalue weighted by atomic mass is 32.2. The molecular formula is C11H18N2O5S. The van der Waals surface area contributed by atoms with E-state index in [2.05, 4.69) is 0 Å². The maximum Gasteiger partial charge on any atom is 0.355 e. The first kappa shape index (κ1) is 15.7. The zero-order valence-electron chi connectivity index (χ0n) is 11.1. The van der Waals surface area contributed by atoms with Crippen LogP contribution in [0.3, 0.4) is 0 Å². The van der Waals surface area contributed by atoms with Crippen molar-refractivity contribution in [1.29, 1.82) is 0 Å². The van der Waals surface area contributed by atoms with E-state index in [1.54, 1.807) is 0 Å². The average molecular weight is 290 g/mol. The topological polar surface area (TPSA) is 101 Å². The van der Waals surface area contributed by atoms with Crippen molar-refractivity contribution in [2.75, 3.05) is 13.2 Å². The number of hydrogen-bond donors (Lipinski definition) is 1. The van der Waals surface area contributed by atoms with E-state index in [0.29, 0.717) is 0 Å². The van der Waals surface area contributed by atoms with Gasteiger partial charge in [-0.25, -0.2) is 18.4 Å². The molecule has 0 aliphatic rings. The van der Waals surface area contributed by atoms with Crippen LogP contribution in [0.4, 0.5) is 0 Å². The van der Waals surface area contributed by atoms with Crippen molar-refractivity contribution in [1.82, 2.24) is 4.57 Å². The van der Waals surface area contributed by atoms with Crippen LogP contribution >= 0.6 is 0 Å². The van der Waals surface area contributed by atoms with Crippen molar-refractivity contribution in [3.8, 4) is 0 Å². The molecule has 1 aromatic rings. The lowest BCUT2D eigenvalue weighted by molar-refractivity contribution is 0.0170. The number of carbonyl (C=O) groups excluding carboxylic acids is 1. The van der Waals surface area contributed by atoms with E-state index in [1.165, 1.54) is 23.9 Å². The van der Waals surface area contributed by atoms with Crippen LogP contribution in [-0.4, -0.2) is 38.3 Å². The molecule has 0 fully saturated rings. The van der Waals surface area contributed by atoms with Crippen LogP contribution in [0, 0.1) is 0 Å². The molecule has 0 amide bonds. The second-order valence-corrected chi connectivity index (χ2v) is 5.83. The summed E-state index contributed by atoms with van der Waals surface area (Å²) in [4.78, 5) is 11.6. The minimum atomic E-state index is -3.83. The first-order valence-corrected chi connectivity index (χ1v) is 7.24. The number of nitrogens with two attached hydrogens (primary N) is 1. The largest absolute Gasteiger partial charge is 0.459 e. The van der Waals surface area contributed by atoms with Gasteiger partial charge in [-0.05, 0) is 19.9 Å². The van der Waals surface area contributed by atoms with Gasteiger partial charge in [0.15, 0.2) is 0 Å². The van der Waals surface area contributed by atoms with Gasteiger partial charge in [0, 0.05) is 13.2 Å². The van der Waals surface area contributed by atoms with Crippen molar-refractivity contribution in [3.05, 3.63) is 18.0 Å². The van der Waals surface area contributed by atoms with Gasteiger partial charge < -0.3 is 14.0 Å². The third-order valence-corrected chi connectivity index (χ3v) is 3.17. The molecule has 7 nitrogen and oxygen atoms in total. The Morgan fingerprint density at radius 1 is 1.42 bits per heavy atom. The van der Waals surface area contributed by atoms with E-state index in [4.69, 9.17) is 14.6 Å². The lowest BCUT2D eigenvalue weighted by atomic mass is 10.4. The second kappa shape index (κ2) is 6.18. The Hall–Kier alpha value is -1.38. The van der Waals surface area contributed by atoms with Crippen LogP contribution in [0.25, 0.3) is 0 Å². The Morgan fingerprint density at radius 3 is 2.53 bits per heavy atom. The van der Waals surface area contributed by atoms with E-state index in [1.807, 2.05) is 13.8 Å². The molecule has 1 rings (SSSR count). The number of hydrogen-bond acceptors (Lipinski definition) is 5. The molecule has 0 spiro atoms. The average Bonchev–Trinajstić information content (AvgIpc) is 2.66. The summed E-state index contributed by atoms with van der Waals surface area (Å²) in [5.41, 5.74) is 0.119.